The van der Waals surface area contributed by atoms with E-state index in [9.17, 15) is 13.6 Å². The molecule has 6 heteroatoms. The van der Waals surface area contributed by atoms with Crippen molar-refractivity contribution < 1.29 is 18.3 Å². The zero-order valence-corrected chi connectivity index (χ0v) is 20.6. The van der Waals surface area contributed by atoms with Gasteiger partial charge >= 0.3 is 0 Å². The minimum atomic E-state index is -0.894. The number of aryl methyl sites for hydroxylation is 1. The van der Waals surface area contributed by atoms with Crippen LogP contribution in [0.1, 0.15) is 72.6 Å². The molecule has 1 aliphatic carbocycles. The number of aromatic nitrogens is 2. The minimum absolute atomic E-state index is 0.00830. The topological polar surface area (TPSA) is 44.1 Å². The molecule has 2 aromatic carbocycles. The fraction of sp³-hybridized carbons (Fsp3) is 0.333. The van der Waals surface area contributed by atoms with Gasteiger partial charge in [-0.05, 0) is 73.1 Å². The van der Waals surface area contributed by atoms with Crippen LogP contribution >= 0.6 is 0 Å². The quantitative estimate of drug-likeness (QED) is 0.233. The number of pyridine rings is 1. The second-order valence-corrected chi connectivity index (χ2v) is 9.88. The van der Waals surface area contributed by atoms with E-state index in [0.717, 1.165) is 46.8 Å². The molecular weight excluding hydrogens is 458 g/mol. The van der Waals surface area contributed by atoms with Gasteiger partial charge in [0.2, 0.25) is 0 Å². The summed E-state index contributed by atoms with van der Waals surface area (Å²) in [6.45, 7) is 4.76. The van der Waals surface area contributed by atoms with E-state index in [1.54, 1.807) is 6.20 Å². The van der Waals surface area contributed by atoms with Crippen LogP contribution in [0.25, 0.3) is 10.9 Å². The number of ether oxygens (including phenoxy) is 1. The third-order valence-corrected chi connectivity index (χ3v) is 6.95. The first kappa shape index (κ1) is 24.2. The predicted octanol–water partition coefficient (Wildman–Crippen LogP) is 7.23. The Hall–Kier alpha value is -3.54. The zero-order valence-electron chi connectivity index (χ0n) is 20.6. The normalized spacial score (nSPS) is 13.8. The van der Waals surface area contributed by atoms with Crippen molar-refractivity contribution in [1.82, 2.24) is 9.55 Å². The van der Waals surface area contributed by atoms with E-state index in [-0.39, 0.29) is 24.2 Å². The Morgan fingerprint density at radius 3 is 2.58 bits per heavy atom. The summed E-state index contributed by atoms with van der Waals surface area (Å²) in [4.78, 5) is 17.9. The van der Waals surface area contributed by atoms with Gasteiger partial charge in [0.25, 0.3) is 0 Å². The van der Waals surface area contributed by atoms with Crippen molar-refractivity contribution in [2.24, 2.45) is 0 Å². The average Bonchev–Trinajstić information content (AvgIpc) is 3.16. The van der Waals surface area contributed by atoms with Crippen LogP contribution in [-0.2, 0) is 13.0 Å². The van der Waals surface area contributed by atoms with E-state index < -0.39 is 11.6 Å². The summed E-state index contributed by atoms with van der Waals surface area (Å²) in [5.74, 6) is -0.882. The molecule has 0 unspecified atom stereocenters. The Bertz CT molecular complexity index is 1390. The fourth-order valence-electron chi connectivity index (χ4n) is 4.92. The molecule has 0 spiro atoms. The lowest BCUT2D eigenvalue weighted by molar-refractivity contribution is 0.0982. The highest BCUT2D eigenvalue weighted by atomic mass is 19.2. The zero-order chi connectivity index (χ0) is 25.2. The highest BCUT2D eigenvalue weighted by Gasteiger charge is 2.26. The maximum Gasteiger partial charge on any atom is 0.165 e. The summed E-state index contributed by atoms with van der Waals surface area (Å²) >= 11 is 0. The number of hydrogen-bond acceptors (Lipinski definition) is 3. The van der Waals surface area contributed by atoms with Crippen molar-refractivity contribution in [3.05, 3.63) is 94.9 Å². The molecule has 0 radical (unpaired) electrons. The van der Waals surface area contributed by atoms with Crippen LogP contribution in [0.2, 0.25) is 0 Å². The van der Waals surface area contributed by atoms with E-state index >= 15 is 0 Å². The summed E-state index contributed by atoms with van der Waals surface area (Å²) < 4.78 is 35.4. The number of nitrogens with zero attached hydrogens (tertiary/aromatic N) is 2. The lowest BCUT2D eigenvalue weighted by Gasteiger charge is -2.26. The van der Waals surface area contributed by atoms with E-state index in [2.05, 4.69) is 23.4 Å². The molecule has 36 heavy (non-hydrogen) atoms. The number of fused-ring (bicyclic) bond motifs is 1. The standard InChI is InChI=1S/C30H30F2N2O2/c1-19(2)30-29(28(35)13-9-20-8-12-25(31)26(32)15-20)24-11-10-23(36-22-6-3-7-22)16-27(24)34(30)18-21-5-4-14-33-17-21/h4-5,8,10-12,14-17,19,22H,3,6-7,9,13,18H2,1-2H3. The number of benzene rings is 2. The number of halogens is 2. The van der Waals surface area contributed by atoms with Gasteiger partial charge in [-0.3, -0.25) is 9.78 Å². The van der Waals surface area contributed by atoms with Crippen LogP contribution in [0.15, 0.2) is 60.9 Å². The van der Waals surface area contributed by atoms with Gasteiger partial charge in [-0.1, -0.05) is 26.0 Å². The maximum absolute atomic E-state index is 13.7. The van der Waals surface area contributed by atoms with Gasteiger partial charge in [-0.15, -0.1) is 0 Å². The predicted molar refractivity (Wildman–Crippen MR) is 137 cm³/mol. The molecule has 0 bridgehead atoms. The van der Waals surface area contributed by atoms with Crippen LogP contribution in [0.4, 0.5) is 8.78 Å². The van der Waals surface area contributed by atoms with E-state index in [1.807, 2.05) is 36.5 Å². The molecule has 0 saturated heterocycles. The van der Waals surface area contributed by atoms with Gasteiger partial charge in [-0.2, -0.15) is 0 Å². The summed E-state index contributed by atoms with van der Waals surface area (Å²) in [6, 6.07) is 13.7. The second-order valence-electron chi connectivity index (χ2n) is 9.88. The molecule has 186 valence electrons. The third kappa shape index (κ3) is 4.90. The molecule has 1 aliphatic rings. The Balaban J connectivity index is 1.55. The fourth-order valence-corrected chi connectivity index (χ4v) is 4.92. The van der Waals surface area contributed by atoms with Crippen molar-refractivity contribution in [3.63, 3.8) is 0 Å². The van der Waals surface area contributed by atoms with Gasteiger partial charge in [0.15, 0.2) is 17.4 Å². The third-order valence-electron chi connectivity index (χ3n) is 6.95. The minimum Gasteiger partial charge on any atom is -0.490 e. The maximum atomic E-state index is 13.7. The van der Waals surface area contributed by atoms with E-state index in [1.165, 1.54) is 18.6 Å². The van der Waals surface area contributed by atoms with Gasteiger partial charge in [0.1, 0.15) is 5.75 Å². The SMILES string of the molecule is CC(C)c1c(C(=O)CCc2ccc(F)c(F)c2)c2ccc(OC3CCC3)cc2n1Cc1cccnc1. The van der Waals surface area contributed by atoms with E-state index in [0.29, 0.717) is 24.1 Å². The molecular formula is C30H30F2N2O2. The number of ketones is 1. The lowest BCUT2D eigenvalue weighted by atomic mass is 9.95. The molecule has 5 rings (SSSR count). The van der Waals surface area contributed by atoms with Crippen molar-refractivity contribution in [3.8, 4) is 5.75 Å². The van der Waals surface area contributed by atoms with Crippen molar-refractivity contribution in [2.45, 2.75) is 64.5 Å². The van der Waals surface area contributed by atoms with Gasteiger partial charge < -0.3 is 9.30 Å². The van der Waals surface area contributed by atoms with Crippen LogP contribution in [-0.4, -0.2) is 21.4 Å². The molecule has 0 atom stereocenters. The Morgan fingerprint density at radius 1 is 1.08 bits per heavy atom. The van der Waals surface area contributed by atoms with Crippen LogP contribution < -0.4 is 4.74 Å². The highest BCUT2D eigenvalue weighted by molar-refractivity contribution is 6.10. The lowest BCUT2D eigenvalue weighted by Crippen LogP contribution is -2.24. The van der Waals surface area contributed by atoms with Crippen LogP contribution in [0.5, 0.6) is 5.75 Å². The number of rotatable bonds is 9. The summed E-state index contributed by atoms with van der Waals surface area (Å²) in [5.41, 5.74) is 4.26. The summed E-state index contributed by atoms with van der Waals surface area (Å²) in [5, 5.41) is 0.888. The average molecular weight is 489 g/mol. The van der Waals surface area contributed by atoms with Crippen LogP contribution in [0.3, 0.4) is 0 Å². The molecule has 0 aliphatic heterocycles. The highest BCUT2D eigenvalue weighted by Crippen LogP contribution is 2.36. The number of carbonyl (C=O) groups is 1. The van der Waals surface area contributed by atoms with E-state index in [4.69, 9.17) is 4.74 Å². The monoisotopic (exact) mass is 488 g/mol. The van der Waals surface area contributed by atoms with Crippen molar-refractivity contribution in [1.29, 1.82) is 0 Å². The molecule has 2 aromatic heterocycles. The molecule has 4 aromatic rings. The molecule has 0 N–H and O–H groups in total. The van der Waals surface area contributed by atoms with Gasteiger partial charge in [-0.25, -0.2) is 8.78 Å². The Kier molecular flexibility index (Phi) is 6.86. The second kappa shape index (κ2) is 10.2. The first-order chi connectivity index (χ1) is 17.4. The number of Topliss-reactive ketones (excluding diaryl/α,β-unsaturated/α-hetero) is 1. The molecule has 0 amide bonds. The smallest absolute Gasteiger partial charge is 0.165 e. The van der Waals surface area contributed by atoms with Gasteiger partial charge in [0, 0.05) is 48.1 Å². The number of hydrogen-bond donors (Lipinski definition) is 0. The van der Waals surface area contributed by atoms with Crippen molar-refractivity contribution in [2.75, 3.05) is 0 Å². The largest absolute Gasteiger partial charge is 0.490 e. The molecule has 2 heterocycles. The Morgan fingerprint density at radius 2 is 1.92 bits per heavy atom. The first-order valence-corrected chi connectivity index (χ1v) is 12.6. The van der Waals surface area contributed by atoms with Gasteiger partial charge in [0.05, 0.1) is 11.6 Å². The van der Waals surface area contributed by atoms with Crippen LogP contribution in [0, 0.1) is 11.6 Å². The molecule has 1 saturated carbocycles. The Labute approximate surface area is 209 Å². The first-order valence-electron chi connectivity index (χ1n) is 12.6. The van der Waals surface area contributed by atoms with Crippen molar-refractivity contribution >= 4 is 16.7 Å². The summed E-state index contributed by atoms with van der Waals surface area (Å²) in [7, 11) is 0. The number of carbonyl (C=O) groups excluding carboxylic acids is 1. The summed E-state index contributed by atoms with van der Waals surface area (Å²) in [6.07, 6.45) is 7.72. The molecule has 4 nitrogen and oxygen atoms in total. The molecule has 1 fully saturated rings.